The number of ether oxygens (including phenoxy) is 1. The molecule has 4 N–H and O–H groups in total. The van der Waals surface area contributed by atoms with E-state index in [2.05, 4.69) is 59.6 Å². The first-order valence-corrected chi connectivity index (χ1v) is 23.0. The van der Waals surface area contributed by atoms with Crippen LogP contribution in [-0.2, 0) is 9.53 Å². The zero-order chi connectivity index (χ0) is 48.8. The summed E-state index contributed by atoms with van der Waals surface area (Å²) in [6.45, 7) is 3.95. The molecule has 11 aromatic rings. The van der Waals surface area contributed by atoms with Crippen LogP contribution in [0.3, 0.4) is 0 Å². The number of aromatic amines is 1. The van der Waals surface area contributed by atoms with E-state index >= 15 is 0 Å². The van der Waals surface area contributed by atoms with Crippen molar-refractivity contribution in [1.82, 2.24) is 14.9 Å². The number of ketones is 1. The van der Waals surface area contributed by atoms with Gasteiger partial charge < -0.3 is 38.9 Å². The van der Waals surface area contributed by atoms with Crippen molar-refractivity contribution in [3.05, 3.63) is 198 Å². The molecule has 0 spiro atoms. The molecule has 0 bridgehead atoms. The summed E-state index contributed by atoms with van der Waals surface area (Å²) < 4.78 is 21.9. The topological polar surface area (TPSA) is 170 Å². The van der Waals surface area contributed by atoms with Gasteiger partial charge in [0.2, 0.25) is 5.78 Å². The molecule has 12 heteroatoms. The zero-order valence-electron chi connectivity index (χ0n) is 39.2. The first kappa shape index (κ1) is 47.7. The first-order chi connectivity index (χ1) is 34.1. The van der Waals surface area contributed by atoms with Crippen molar-refractivity contribution in [3.8, 4) is 22.9 Å². The van der Waals surface area contributed by atoms with Gasteiger partial charge in [0.05, 0.1) is 17.8 Å². The second-order valence-corrected chi connectivity index (χ2v) is 16.5. The Hall–Kier alpha value is -8.74. The Morgan fingerprint density at radius 2 is 1.23 bits per heavy atom. The number of Topliss-reactive ketones (excluding diaryl/α,β-unsaturated/α-hetero) is 1. The molecule has 70 heavy (non-hydrogen) atoms. The fourth-order valence-corrected chi connectivity index (χ4v) is 7.62. The summed E-state index contributed by atoms with van der Waals surface area (Å²) in [4.78, 5) is 45.3. The number of carbonyl (C=O) groups is 2. The smallest absolute Gasteiger partial charge is 0.313 e. The number of rotatable bonds is 11. The maximum Gasteiger partial charge on any atom is 0.313 e. The summed E-state index contributed by atoms with van der Waals surface area (Å²) in [6.07, 6.45) is 0.803. The highest BCUT2D eigenvalue weighted by Gasteiger charge is 2.17. The molecular formula is C58H53N5O7. The van der Waals surface area contributed by atoms with E-state index in [1.54, 1.807) is 25.1 Å². The normalized spacial score (nSPS) is 10.9. The monoisotopic (exact) mass is 931 g/mol. The van der Waals surface area contributed by atoms with E-state index in [0.717, 1.165) is 86.1 Å². The fourth-order valence-electron chi connectivity index (χ4n) is 7.62. The number of nitrogens with zero attached hydrogens (tertiary/aromatic N) is 2. The van der Waals surface area contributed by atoms with Crippen LogP contribution in [0.5, 0.6) is 0 Å². The van der Waals surface area contributed by atoms with E-state index < -0.39 is 5.97 Å². The third kappa shape index (κ3) is 12.2. The number of pyridine rings is 2. The van der Waals surface area contributed by atoms with Gasteiger partial charge in [-0.1, -0.05) is 103 Å². The van der Waals surface area contributed by atoms with E-state index in [9.17, 15) is 14.4 Å². The van der Waals surface area contributed by atoms with Crippen LogP contribution >= 0.6 is 0 Å². The second kappa shape index (κ2) is 22.8. The number of benzene rings is 6. The van der Waals surface area contributed by atoms with Crippen LogP contribution < -0.4 is 16.5 Å². The number of esters is 1. The molecule has 0 atom stereocenters. The number of furan rings is 3. The molecule has 0 radical (unpaired) electrons. The number of hydrogen-bond donors (Lipinski definition) is 3. The molecule has 0 aliphatic heterocycles. The number of nitrogen functional groups attached to an aromatic ring is 1. The van der Waals surface area contributed by atoms with Gasteiger partial charge in [0.25, 0.3) is 0 Å². The molecule has 0 unspecified atom stereocenters. The Morgan fingerprint density at radius 3 is 1.86 bits per heavy atom. The van der Waals surface area contributed by atoms with E-state index in [0.29, 0.717) is 22.4 Å². The molecule has 5 heterocycles. The van der Waals surface area contributed by atoms with Gasteiger partial charge in [-0.25, -0.2) is 4.98 Å². The first-order valence-electron chi connectivity index (χ1n) is 23.0. The molecule has 5 aromatic heterocycles. The molecule has 12 nitrogen and oxygen atoms in total. The van der Waals surface area contributed by atoms with Gasteiger partial charge in [-0.05, 0) is 107 Å². The average molecular weight is 932 g/mol. The van der Waals surface area contributed by atoms with Gasteiger partial charge in [-0.2, -0.15) is 0 Å². The van der Waals surface area contributed by atoms with Crippen LogP contribution in [0, 0.1) is 0 Å². The number of nitrogens with one attached hydrogen (secondary N) is 2. The van der Waals surface area contributed by atoms with Crippen molar-refractivity contribution in [1.29, 1.82) is 0 Å². The van der Waals surface area contributed by atoms with Crippen molar-refractivity contribution in [2.24, 2.45) is 0 Å². The number of H-pyrrole nitrogens is 1. The quantitative estimate of drug-likeness (QED) is 0.0371. The summed E-state index contributed by atoms with van der Waals surface area (Å²) in [5.74, 6) is 0.777. The lowest BCUT2D eigenvalue weighted by molar-refractivity contribution is -0.142. The van der Waals surface area contributed by atoms with E-state index in [4.69, 9.17) is 28.7 Å². The van der Waals surface area contributed by atoms with Gasteiger partial charge in [0.1, 0.15) is 28.9 Å². The Kier molecular flexibility index (Phi) is 15.6. The number of aromatic nitrogens is 2. The lowest BCUT2D eigenvalue weighted by Gasteiger charge is -2.13. The van der Waals surface area contributed by atoms with Crippen LogP contribution in [0.25, 0.3) is 77.6 Å². The minimum absolute atomic E-state index is 0.00481. The van der Waals surface area contributed by atoms with Crippen molar-refractivity contribution in [2.45, 2.75) is 19.8 Å². The molecule has 0 saturated carbocycles. The summed E-state index contributed by atoms with van der Waals surface area (Å²) in [6, 6.07) is 57.7. The molecule has 0 aliphatic rings. The lowest BCUT2D eigenvalue weighted by Crippen LogP contribution is -2.16. The van der Waals surface area contributed by atoms with Gasteiger partial charge in [0.15, 0.2) is 22.7 Å². The third-order valence-electron chi connectivity index (χ3n) is 11.0. The Balaban J connectivity index is 0.000000134. The fraction of sp³-hybridized carbons (Fsp3) is 0.138. The maximum absolute atomic E-state index is 12.1. The summed E-state index contributed by atoms with van der Waals surface area (Å²) in [5.41, 5.74) is 13.0. The largest absolute Gasteiger partial charge is 0.466 e. The van der Waals surface area contributed by atoms with Crippen molar-refractivity contribution in [2.75, 3.05) is 44.8 Å². The highest BCUT2D eigenvalue weighted by atomic mass is 16.5. The van der Waals surface area contributed by atoms with Crippen LogP contribution in [-0.4, -0.2) is 60.4 Å². The van der Waals surface area contributed by atoms with Crippen LogP contribution in [0.1, 0.15) is 30.3 Å². The van der Waals surface area contributed by atoms with Gasteiger partial charge in [-0.3, -0.25) is 14.4 Å². The number of hydrogen-bond acceptors (Lipinski definition) is 11. The van der Waals surface area contributed by atoms with Gasteiger partial charge in [0, 0.05) is 56.4 Å². The van der Waals surface area contributed by atoms with Gasteiger partial charge >= 0.3 is 5.97 Å². The van der Waals surface area contributed by atoms with E-state index in [1.165, 1.54) is 0 Å². The minimum atomic E-state index is -0.530. The predicted octanol–water partition coefficient (Wildman–Crippen LogP) is 12.8. The number of fused-ring (bicyclic) bond motifs is 5. The summed E-state index contributed by atoms with van der Waals surface area (Å²) in [5, 5.41) is 8.37. The summed E-state index contributed by atoms with van der Waals surface area (Å²) in [7, 11) is 4.20. The molecular weight excluding hydrogens is 879 g/mol. The Labute approximate surface area is 404 Å². The van der Waals surface area contributed by atoms with Crippen molar-refractivity contribution in [3.63, 3.8) is 0 Å². The lowest BCUT2D eigenvalue weighted by atomic mass is 10.1. The summed E-state index contributed by atoms with van der Waals surface area (Å²) >= 11 is 0. The number of para-hydroxylation sites is 6. The van der Waals surface area contributed by atoms with E-state index in [-0.39, 0.29) is 30.0 Å². The zero-order valence-corrected chi connectivity index (χ0v) is 39.2. The van der Waals surface area contributed by atoms with Crippen LogP contribution in [0.15, 0.2) is 200 Å². The molecule has 0 fully saturated rings. The highest BCUT2D eigenvalue weighted by Crippen LogP contribution is 2.32. The Bertz CT molecular complexity index is 3470. The molecule has 352 valence electrons. The molecule has 0 saturated heterocycles. The van der Waals surface area contributed by atoms with E-state index in [1.807, 2.05) is 133 Å². The molecule has 0 amide bonds. The maximum atomic E-state index is 12.1. The third-order valence-corrected chi connectivity index (χ3v) is 11.0. The van der Waals surface area contributed by atoms with Crippen molar-refractivity contribution < 1.29 is 27.6 Å². The highest BCUT2D eigenvalue weighted by molar-refractivity contribution is 6.06. The molecule has 6 aromatic carbocycles. The van der Waals surface area contributed by atoms with Crippen molar-refractivity contribution >= 4 is 77.8 Å². The SMILES string of the molecule is CCOC(=O)CC(=O)c1cc2ccccc2o1.CN(C)CCCNc1cc(-c2cc3ccccc3o2)nc2ccccc12.Nc1ccccc1.O=c1cc(-c2cc3ccccc3o2)[nH]c2ccccc12. The van der Waals surface area contributed by atoms with Crippen LogP contribution in [0.2, 0.25) is 0 Å². The molecule has 0 aliphatic carbocycles. The average Bonchev–Trinajstić information content (AvgIpc) is 4.14. The minimum Gasteiger partial charge on any atom is -0.466 e. The Morgan fingerprint density at radius 1 is 0.657 bits per heavy atom. The number of nitrogens with two attached hydrogens (primary N) is 1. The van der Waals surface area contributed by atoms with Gasteiger partial charge in [-0.15, -0.1) is 0 Å². The number of anilines is 2. The van der Waals surface area contributed by atoms with Crippen LogP contribution in [0.4, 0.5) is 11.4 Å². The molecule has 11 rings (SSSR count). The second-order valence-electron chi connectivity index (χ2n) is 16.5. The number of carbonyl (C=O) groups excluding carboxylic acids is 2. The standard InChI is InChI=1S/C22H23N3O.C17H11NO2.C13H12O4.C6H7N/c1-25(2)13-7-12-23-19-15-20(24-18-10-5-4-9-17(18)19)22-14-16-8-3-6-11-21(16)26-22;19-15-10-14(18-13-7-3-2-6-12(13)15)17-9-11-5-1-4-8-16(11)20-17;1-2-16-13(15)8-10(14)12-7-9-5-3-4-6-11(9)17-12;7-6-4-2-1-3-5-6/h3-6,8-11,14-15H,7,12-13H2,1-2H3,(H,23,24);1-10H,(H,18,19);3-7H,2,8H2,1H3;1-5H,7H2. The predicted molar refractivity (Wildman–Crippen MR) is 281 cm³/mol.